The van der Waals surface area contributed by atoms with E-state index in [2.05, 4.69) is 13.0 Å². The van der Waals surface area contributed by atoms with Crippen LogP contribution in [-0.4, -0.2) is 10.8 Å². The zero-order valence-corrected chi connectivity index (χ0v) is 9.91. The van der Waals surface area contributed by atoms with E-state index in [4.69, 9.17) is 5.41 Å². The molecule has 0 fully saturated rings. The number of allylic oxidation sites excluding steroid dienone is 4. The number of nitrogens with one attached hydrogen (secondary N) is 1. The lowest BCUT2D eigenvalue weighted by molar-refractivity contribution is 0.442. The van der Waals surface area contributed by atoms with Crippen LogP contribution in [0, 0.1) is 12.3 Å². The topological polar surface area (TPSA) is 44.1 Å². The monoisotopic (exact) mass is 215 g/mol. The Morgan fingerprint density at radius 3 is 2.38 bits per heavy atom. The van der Waals surface area contributed by atoms with Crippen molar-refractivity contribution in [3.8, 4) is 0 Å². The van der Waals surface area contributed by atoms with Crippen molar-refractivity contribution in [2.75, 3.05) is 0 Å². The Morgan fingerprint density at radius 1 is 1.19 bits per heavy atom. The predicted octanol–water partition coefficient (Wildman–Crippen LogP) is 3.88. The summed E-state index contributed by atoms with van der Waals surface area (Å²) in [5.41, 5.74) is 3.62. The van der Waals surface area contributed by atoms with Crippen molar-refractivity contribution < 1.29 is 5.11 Å². The zero-order valence-electron chi connectivity index (χ0n) is 9.91. The smallest absolute Gasteiger partial charge is 0.136 e. The molecule has 0 atom stereocenters. The van der Waals surface area contributed by atoms with Gasteiger partial charge in [0.15, 0.2) is 0 Å². The number of hydrogen-bond acceptors (Lipinski definition) is 2. The van der Waals surface area contributed by atoms with Crippen LogP contribution < -0.4 is 0 Å². The molecule has 0 amide bonds. The number of aryl methyl sites for hydroxylation is 1. The molecule has 0 aliphatic heterocycles. The first-order valence-electron chi connectivity index (χ1n) is 5.21. The van der Waals surface area contributed by atoms with Gasteiger partial charge < -0.3 is 10.5 Å². The van der Waals surface area contributed by atoms with Crippen LogP contribution in [0.5, 0.6) is 0 Å². The number of aliphatic hydroxyl groups is 1. The third kappa shape index (κ3) is 3.09. The largest absolute Gasteiger partial charge is 0.506 e. The second-order valence-corrected chi connectivity index (χ2v) is 3.84. The average molecular weight is 215 g/mol. The molecule has 84 valence electrons. The Hall–Kier alpha value is -1.83. The van der Waals surface area contributed by atoms with Crippen LogP contribution in [0.3, 0.4) is 0 Å². The molecule has 16 heavy (non-hydrogen) atoms. The maximum Gasteiger partial charge on any atom is 0.136 e. The van der Waals surface area contributed by atoms with E-state index >= 15 is 0 Å². The van der Waals surface area contributed by atoms with Gasteiger partial charge >= 0.3 is 0 Å². The summed E-state index contributed by atoms with van der Waals surface area (Å²) in [6, 6.07) is 8.09. The normalized spacial score (nSPS) is 12.7. The molecule has 0 bridgehead atoms. The Morgan fingerprint density at radius 2 is 1.81 bits per heavy atom. The zero-order chi connectivity index (χ0) is 12.1. The fourth-order valence-electron chi connectivity index (χ4n) is 1.43. The minimum atomic E-state index is 0.00735. The summed E-state index contributed by atoms with van der Waals surface area (Å²) >= 11 is 0. The van der Waals surface area contributed by atoms with Gasteiger partial charge in [0.05, 0.1) is 5.71 Å². The van der Waals surface area contributed by atoms with Gasteiger partial charge in [-0.15, -0.1) is 0 Å². The van der Waals surface area contributed by atoms with E-state index in [-0.39, 0.29) is 11.5 Å². The molecule has 0 saturated heterocycles. The van der Waals surface area contributed by atoms with Gasteiger partial charge in [-0.1, -0.05) is 30.3 Å². The summed E-state index contributed by atoms with van der Waals surface area (Å²) in [7, 11) is 0. The van der Waals surface area contributed by atoms with E-state index in [1.807, 2.05) is 31.2 Å². The van der Waals surface area contributed by atoms with Gasteiger partial charge in [-0.05, 0) is 43.5 Å². The summed E-state index contributed by atoms with van der Waals surface area (Å²) in [6.07, 6.45) is 3.39. The van der Waals surface area contributed by atoms with E-state index in [0.717, 1.165) is 11.1 Å². The maximum absolute atomic E-state index is 9.38. The molecule has 1 rings (SSSR count). The van der Waals surface area contributed by atoms with Gasteiger partial charge in [-0.25, -0.2) is 0 Å². The molecule has 0 heterocycles. The molecule has 1 aromatic carbocycles. The highest BCUT2D eigenvalue weighted by Gasteiger charge is 1.98. The van der Waals surface area contributed by atoms with Crippen molar-refractivity contribution >= 4 is 11.3 Å². The van der Waals surface area contributed by atoms with E-state index in [1.54, 1.807) is 13.0 Å². The Balaban J connectivity index is 2.99. The molecule has 0 spiro atoms. The first kappa shape index (κ1) is 12.2. The van der Waals surface area contributed by atoms with Crippen LogP contribution in [0.25, 0.3) is 5.57 Å². The van der Waals surface area contributed by atoms with Gasteiger partial charge in [0, 0.05) is 0 Å². The molecule has 2 N–H and O–H groups in total. The number of aliphatic hydroxyl groups excluding tert-OH is 1. The molecule has 0 aromatic heterocycles. The van der Waals surface area contributed by atoms with Crippen LogP contribution in [0.1, 0.15) is 25.0 Å². The highest BCUT2D eigenvalue weighted by atomic mass is 16.3. The summed E-state index contributed by atoms with van der Waals surface area (Å²) in [5.74, 6) is 0.00735. The molecular formula is C14H17NO. The SMILES string of the molecule is CC(=N)/C(O)=C/C=C(\C)c1ccccc1C. The molecular weight excluding hydrogens is 198 g/mol. The fourth-order valence-corrected chi connectivity index (χ4v) is 1.43. The Bertz CT molecular complexity index is 456. The van der Waals surface area contributed by atoms with Crippen LogP contribution in [-0.2, 0) is 0 Å². The van der Waals surface area contributed by atoms with Crippen molar-refractivity contribution in [2.45, 2.75) is 20.8 Å². The quantitative estimate of drug-likeness (QED) is 0.448. The van der Waals surface area contributed by atoms with E-state index in [0.29, 0.717) is 0 Å². The molecule has 2 nitrogen and oxygen atoms in total. The van der Waals surface area contributed by atoms with Crippen molar-refractivity contribution in [3.05, 3.63) is 53.3 Å². The standard InChI is InChI=1S/C14H17NO/c1-10-6-4-5-7-13(10)11(2)8-9-14(16)12(3)15/h4-9,15-16H,1-3H3/b11-8+,14-9-,15-12?. The highest BCUT2D eigenvalue weighted by molar-refractivity contribution is 5.93. The molecule has 1 aromatic rings. The van der Waals surface area contributed by atoms with Crippen molar-refractivity contribution in [3.63, 3.8) is 0 Å². The lowest BCUT2D eigenvalue weighted by Crippen LogP contribution is -1.92. The van der Waals surface area contributed by atoms with Crippen molar-refractivity contribution in [1.29, 1.82) is 5.41 Å². The molecule has 0 unspecified atom stereocenters. The summed E-state index contributed by atoms with van der Waals surface area (Å²) in [5, 5.41) is 16.6. The van der Waals surface area contributed by atoms with Crippen molar-refractivity contribution in [2.24, 2.45) is 0 Å². The predicted molar refractivity (Wildman–Crippen MR) is 68.9 cm³/mol. The van der Waals surface area contributed by atoms with E-state index in [9.17, 15) is 5.11 Å². The first-order valence-corrected chi connectivity index (χ1v) is 5.21. The lowest BCUT2D eigenvalue weighted by atomic mass is 10.0. The van der Waals surface area contributed by atoms with Gasteiger partial charge in [0.2, 0.25) is 0 Å². The second-order valence-electron chi connectivity index (χ2n) is 3.84. The summed E-state index contributed by atoms with van der Waals surface area (Å²) in [6.45, 7) is 5.60. The third-order valence-corrected chi connectivity index (χ3v) is 2.45. The van der Waals surface area contributed by atoms with Gasteiger partial charge in [-0.3, -0.25) is 0 Å². The van der Waals surface area contributed by atoms with Crippen molar-refractivity contribution in [1.82, 2.24) is 0 Å². The number of rotatable bonds is 3. The molecule has 0 aliphatic rings. The second kappa shape index (κ2) is 5.31. The minimum Gasteiger partial charge on any atom is -0.506 e. The molecule has 0 saturated carbocycles. The molecule has 0 radical (unpaired) electrons. The molecule has 0 aliphatic carbocycles. The molecule has 2 heteroatoms. The van der Waals surface area contributed by atoms with Gasteiger partial charge in [0.1, 0.15) is 5.76 Å². The van der Waals surface area contributed by atoms with E-state index in [1.165, 1.54) is 5.56 Å². The third-order valence-electron chi connectivity index (χ3n) is 2.45. The minimum absolute atomic E-state index is 0.00735. The Labute approximate surface area is 96.5 Å². The average Bonchev–Trinajstić information content (AvgIpc) is 2.25. The fraction of sp³-hybridized carbons (Fsp3) is 0.214. The summed E-state index contributed by atoms with van der Waals surface area (Å²) < 4.78 is 0. The summed E-state index contributed by atoms with van der Waals surface area (Å²) in [4.78, 5) is 0. The van der Waals surface area contributed by atoms with Crippen LogP contribution in [0.2, 0.25) is 0 Å². The highest BCUT2D eigenvalue weighted by Crippen LogP contribution is 2.17. The lowest BCUT2D eigenvalue weighted by Gasteiger charge is -2.04. The van der Waals surface area contributed by atoms with Gasteiger partial charge in [-0.2, -0.15) is 0 Å². The number of benzene rings is 1. The number of hydrogen-bond donors (Lipinski definition) is 2. The van der Waals surface area contributed by atoms with E-state index < -0.39 is 0 Å². The first-order chi connectivity index (χ1) is 7.52. The van der Waals surface area contributed by atoms with Crippen LogP contribution in [0.15, 0.2) is 42.2 Å². The maximum atomic E-state index is 9.38. The van der Waals surface area contributed by atoms with Gasteiger partial charge in [0.25, 0.3) is 0 Å². The van der Waals surface area contributed by atoms with Crippen LogP contribution in [0.4, 0.5) is 0 Å². The van der Waals surface area contributed by atoms with Crippen LogP contribution >= 0.6 is 0 Å². The Kier molecular flexibility index (Phi) is 4.06.